The van der Waals surface area contributed by atoms with E-state index in [9.17, 15) is 78.2 Å². The second-order valence-corrected chi connectivity index (χ2v) is 22.5. The van der Waals surface area contributed by atoms with Crippen molar-refractivity contribution in [3.8, 4) is 0 Å². The van der Waals surface area contributed by atoms with Crippen LogP contribution in [0.25, 0.3) is 22.3 Å². The zero-order valence-corrected chi connectivity index (χ0v) is 43.8. The summed E-state index contributed by atoms with van der Waals surface area (Å²) in [5, 5.41) is 66.0. The lowest BCUT2D eigenvalue weighted by Crippen LogP contribution is -2.39. The van der Waals surface area contributed by atoms with Gasteiger partial charge in [-0.25, -0.2) is 43.2 Å². The Balaban J connectivity index is 0.861. The number of aliphatic hydroxyl groups is 6. The maximum atomic E-state index is 14.0. The highest BCUT2D eigenvalue weighted by atomic mass is 31.2. The van der Waals surface area contributed by atoms with E-state index in [1.165, 1.54) is 4.57 Å². The molecule has 10 heterocycles. The number of rotatable bonds is 20. The lowest BCUT2D eigenvalue weighted by molar-refractivity contribution is -0.0648. The third-order valence-corrected chi connectivity index (χ3v) is 16.0. The minimum absolute atomic E-state index is 0.0364. The number of nitrogens with two attached hydrogens (primary N) is 3. The molecule has 10 rings (SSSR count). The quantitative estimate of drug-likeness (QED) is 0.0316. The highest BCUT2D eigenvalue weighted by Crippen LogP contribution is 2.54. The van der Waals surface area contributed by atoms with Gasteiger partial charge < -0.3 is 81.5 Å². The van der Waals surface area contributed by atoms with Crippen LogP contribution in [0.2, 0.25) is 0 Å². The summed E-state index contributed by atoms with van der Waals surface area (Å²) in [6, 6.07) is 2.00. The molecule has 0 radical (unpaired) electrons. The lowest BCUT2D eigenvalue weighted by Gasteiger charge is -2.26. The number of hydrogen-bond acceptors (Lipinski definition) is 32. The number of phosphoric acid groups is 3. The van der Waals surface area contributed by atoms with Crippen molar-refractivity contribution in [3.05, 3.63) is 85.2 Å². The van der Waals surface area contributed by atoms with Crippen molar-refractivity contribution < 1.29 is 105 Å². The molecule has 0 bridgehead atoms. The second kappa shape index (κ2) is 22.8. The van der Waals surface area contributed by atoms with Crippen LogP contribution in [0.5, 0.6) is 0 Å². The second-order valence-electron chi connectivity index (χ2n) is 18.3. The van der Waals surface area contributed by atoms with Gasteiger partial charge in [-0.1, -0.05) is 0 Å². The van der Waals surface area contributed by atoms with E-state index in [1.807, 2.05) is 4.98 Å². The number of nitrogens with zero attached hydrogens (tertiary/aromatic N) is 10. The molecule has 0 aliphatic carbocycles. The lowest BCUT2D eigenvalue weighted by atomic mass is 10.1. The number of aromatic nitrogens is 12. The molecule has 41 nitrogen and oxygen atoms in total. The number of ether oxygens (including phenoxy) is 4. The Labute approximate surface area is 452 Å². The predicted molar refractivity (Wildman–Crippen MR) is 261 cm³/mol. The van der Waals surface area contributed by atoms with Gasteiger partial charge in [-0.3, -0.25) is 65.0 Å². The normalized spacial score (nSPS) is 32.5. The highest BCUT2D eigenvalue weighted by molar-refractivity contribution is 7.48. The molecule has 4 fully saturated rings. The monoisotopic (exact) mass is 1220 g/mol. The van der Waals surface area contributed by atoms with E-state index in [4.69, 9.17) is 63.3 Å². The summed E-state index contributed by atoms with van der Waals surface area (Å²) in [7, 11) is -16.8. The molecule has 19 atom stereocenters. The zero-order valence-electron chi connectivity index (χ0n) is 41.1. The molecule has 0 spiro atoms. The molecule has 0 saturated carbocycles. The van der Waals surface area contributed by atoms with Gasteiger partial charge in [0.25, 0.3) is 11.1 Å². The van der Waals surface area contributed by atoms with Gasteiger partial charge in [0.2, 0.25) is 5.95 Å². The van der Waals surface area contributed by atoms with Crippen molar-refractivity contribution >= 4 is 63.4 Å². The van der Waals surface area contributed by atoms with Gasteiger partial charge in [-0.2, -0.15) is 9.97 Å². The van der Waals surface area contributed by atoms with Crippen molar-refractivity contribution in [2.45, 2.75) is 98.2 Å². The predicted octanol–water partition coefficient (Wildman–Crippen LogP) is -6.59. The number of imidazole rings is 2. The summed E-state index contributed by atoms with van der Waals surface area (Å²) in [5.41, 5.74) is 12.8. The van der Waals surface area contributed by atoms with Crippen molar-refractivity contribution in [3.63, 3.8) is 0 Å². The number of H-pyrrole nitrogens is 2. The Hall–Kier alpha value is -6.21. The van der Waals surface area contributed by atoms with E-state index < -0.39 is 177 Å². The Bertz CT molecular complexity index is 3750. The Morgan fingerprint density at radius 2 is 1.05 bits per heavy atom. The molecule has 17 N–H and O–H groups in total. The minimum atomic E-state index is -5.74. The fourth-order valence-electron chi connectivity index (χ4n) is 9.24. The maximum Gasteiger partial charge on any atom is 0.472 e. The number of hydrogen-bond donors (Lipinski definition) is 14. The Morgan fingerprint density at radius 3 is 1.61 bits per heavy atom. The standard InChI is InChI=1S/C38H48N15O26P3/c39-16-1-3-50(37(62)46-16)33-23(59)26(14(75-33)7-71-81(66,67)77-25-12(5-54)73-34(22(25)58)52-10-44-18-28(40)42-9-43-29(18)52)78-82(68,69)72-8-15-27(24(60)35(76-15)53-11-45-19-30(53)48-36(41)49-31(19)61)79-80(64,65)70-6-13-20(56)21(57)32(74-13)51-4-2-17(55)47-38(51)63/h1-4,9-15,20-27,32-35,54,56-60H,5-8H2,(H,64,65)(H,66,67)(H,68,69)(H2,39,46,62)(H2,40,42,43)(H,47,55,63)(H3,41,48,49,61)/t12-,13-,14-,15-,20-,21-,22-,23-,24-,25-,26-,27-,32-,33-,34-,35-/m1/s1. The number of nitrogens with one attached hydrogen (secondary N) is 2. The number of fused-ring (bicyclic) bond motifs is 2. The van der Waals surface area contributed by atoms with E-state index in [0.717, 1.165) is 48.1 Å². The molecule has 3 unspecified atom stereocenters. The number of nitrogen functional groups attached to an aromatic ring is 3. The summed E-state index contributed by atoms with van der Waals surface area (Å²) < 4.78 is 98.9. The average Bonchev–Trinajstić information content (AvgIpc) is 3.40. The van der Waals surface area contributed by atoms with Crippen LogP contribution < -0.4 is 39.7 Å². The third kappa shape index (κ3) is 11.7. The van der Waals surface area contributed by atoms with Crippen LogP contribution in [0.15, 0.2) is 62.7 Å². The minimum Gasteiger partial charge on any atom is -0.394 e. The highest BCUT2D eigenvalue weighted by Gasteiger charge is 2.55. The molecule has 6 aromatic heterocycles. The van der Waals surface area contributed by atoms with Gasteiger partial charge in [-0.05, 0) is 6.07 Å². The first-order valence-corrected chi connectivity index (χ1v) is 28.1. The van der Waals surface area contributed by atoms with E-state index in [0.29, 0.717) is 9.13 Å². The zero-order chi connectivity index (χ0) is 58.9. The summed E-state index contributed by atoms with van der Waals surface area (Å²) in [6.45, 7) is -4.45. The number of aromatic amines is 2. The summed E-state index contributed by atoms with van der Waals surface area (Å²) in [4.78, 5) is 110. The molecule has 82 heavy (non-hydrogen) atoms. The first kappa shape index (κ1) is 59.0. The Morgan fingerprint density at radius 1 is 0.561 bits per heavy atom. The largest absolute Gasteiger partial charge is 0.472 e. The molecule has 4 aliphatic rings. The molecule has 0 aromatic carbocycles. The maximum absolute atomic E-state index is 14.0. The van der Waals surface area contributed by atoms with E-state index >= 15 is 0 Å². The van der Waals surface area contributed by atoms with Crippen LogP contribution in [0, 0.1) is 0 Å². The molecular formula is C38H48N15O26P3. The number of aliphatic hydroxyl groups excluding tert-OH is 6. The number of phosphoric ester groups is 3. The topological polar surface area (TPSA) is 601 Å². The average molecular weight is 1220 g/mol. The smallest absolute Gasteiger partial charge is 0.394 e. The van der Waals surface area contributed by atoms with Crippen molar-refractivity contribution in [2.75, 3.05) is 43.6 Å². The third-order valence-electron chi connectivity index (χ3n) is 13.1. The number of anilines is 3. The van der Waals surface area contributed by atoms with Crippen molar-refractivity contribution in [1.29, 1.82) is 0 Å². The Kier molecular flexibility index (Phi) is 16.4. The summed E-state index contributed by atoms with van der Waals surface area (Å²) >= 11 is 0. The summed E-state index contributed by atoms with van der Waals surface area (Å²) in [5.74, 6) is -0.759. The first-order chi connectivity index (χ1) is 38.7. The van der Waals surface area contributed by atoms with Gasteiger partial charge in [0.1, 0.15) is 90.9 Å². The SMILES string of the molecule is Nc1ccn([C@@H]2O[C@H](COP(=O)(O)O[C@H]3[C@@H](O)[C@H](n4cnc5c(N)ncnc54)O[C@@H]3CO)[C@@H](OP(=O)(O)OC[C@H]3O[C@@H](n4cnc5c(=O)[nH]c(N)nc54)[C@H](O)[C@@H]3OP(=O)(O)OC[C@H]3O[C@@H](n4ccc(=O)[nH]c4=O)[C@H](O)[C@@H]3O)[C@H]2O)c(=O)n1. The van der Waals surface area contributed by atoms with Crippen LogP contribution in [-0.2, 0) is 59.8 Å². The van der Waals surface area contributed by atoms with Crippen LogP contribution in [0.1, 0.15) is 24.9 Å². The van der Waals surface area contributed by atoms with E-state index in [-0.39, 0.29) is 34.0 Å². The fraction of sp³-hybridized carbons (Fsp3) is 0.526. The molecular weight excluding hydrogens is 1180 g/mol. The van der Waals surface area contributed by atoms with Gasteiger partial charge in [0.15, 0.2) is 47.5 Å². The van der Waals surface area contributed by atoms with Gasteiger partial charge in [-0.15, -0.1) is 0 Å². The van der Waals surface area contributed by atoms with Gasteiger partial charge in [0, 0.05) is 18.5 Å². The molecule has 4 aliphatic heterocycles. The van der Waals surface area contributed by atoms with E-state index in [2.05, 4.69) is 34.9 Å². The molecule has 0 amide bonds. The molecule has 4 saturated heterocycles. The van der Waals surface area contributed by atoms with Crippen LogP contribution >= 0.6 is 23.5 Å². The molecule has 446 valence electrons. The van der Waals surface area contributed by atoms with Crippen LogP contribution in [0.4, 0.5) is 17.6 Å². The molecule has 44 heteroatoms. The van der Waals surface area contributed by atoms with Crippen LogP contribution in [-0.4, -0.2) is 203 Å². The van der Waals surface area contributed by atoms with Gasteiger partial charge in [0.05, 0.1) is 39.1 Å². The van der Waals surface area contributed by atoms with E-state index in [1.54, 1.807) is 0 Å². The molecule has 6 aromatic rings. The van der Waals surface area contributed by atoms with Crippen molar-refractivity contribution in [2.24, 2.45) is 0 Å². The van der Waals surface area contributed by atoms with Gasteiger partial charge >= 0.3 is 34.8 Å². The van der Waals surface area contributed by atoms with Crippen molar-refractivity contribution in [1.82, 2.24) is 58.1 Å². The fourth-order valence-corrected chi connectivity index (χ4v) is 12.1. The first-order valence-electron chi connectivity index (χ1n) is 23.7. The summed E-state index contributed by atoms with van der Waals surface area (Å²) in [6.07, 6.45) is -25.0. The van der Waals surface area contributed by atoms with Crippen LogP contribution in [0.3, 0.4) is 0 Å².